The van der Waals surface area contributed by atoms with Gasteiger partial charge in [-0.25, -0.2) is 0 Å². The number of thioether (sulfide) groups is 1. The molecule has 56 valence electrons. The van der Waals surface area contributed by atoms with E-state index in [1.165, 1.54) is 0 Å². The van der Waals surface area contributed by atoms with Crippen molar-refractivity contribution in [1.82, 2.24) is 4.90 Å². The number of hydrogen-bond acceptors (Lipinski definition) is 2. The van der Waals surface area contributed by atoms with Crippen molar-refractivity contribution in [3.05, 3.63) is 12.7 Å². The molecule has 11 heavy (non-hydrogen) atoms. The standard InChI is InChI=1S/C7H10NOS.Rb/c1-2-7(9)8-3-5-10-6-4-8;/h1,3-6H2;/q-1;+1. The number of carbonyl (C=O) groups excluding carboxylic acids is 1. The van der Waals surface area contributed by atoms with E-state index in [2.05, 4.69) is 12.7 Å². The van der Waals surface area contributed by atoms with Crippen molar-refractivity contribution in [3.8, 4) is 0 Å². The van der Waals surface area contributed by atoms with Gasteiger partial charge in [-0.05, 0) is 0 Å². The molecule has 0 aromatic heterocycles. The summed E-state index contributed by atoms with van der Waals surface area (Å²) in [6.45, 7) is 5.02. The van der Waals surface area contributed by atoms with Crippen molar-refractivity contribution in [2.75, 3.05) is 24.6 Å². The van der Waals surface area contributed by atoms with Gasteiger partial charge in [0.15, 0.2) is 0 Å². The third-order valence-electron chi connectivity index (χ3n) is 1.45. The van der Waals surface area contributed by atoms with Crippen LogP contribution in [0.25, 0.3) is 0 Å². The molecule has 1 aliphatic rings. The molecule has 0 saturated carbocycles. The fraction of sp³-hybridized carbons (Fsp3) is 0.571. The first-order chi connectivity index (χ1) is 4.84. The Morgan fingerprint density at radius 2 is 2.00 bits per heavy atom. The van der Waals surface area contributed by atoms with Crippen LogP contribution in [0, 0.1) is 6.08 Å². The van der Waals surface area contributed by atoms with E-state index in [9.17, 15) is 4.79 Å². The van der Waals surface area contributed by atoms with Gasteiger partial charge in [0.05, 0.1) is 5.91 Å². The molecule has 0 radical (unpaired) electrons. The summed E-state index contributed by atoms with van der Waals surface area (Å²) in [6.07, 6.45) is 2.36. The number of rotatable bonds is 1. The van der Waals surface area contributed by atoms with Gasteiger partial charge in [0, 0.05) is 24.6 Å². The predicted molar refractivity (Wildman–Crippen MR) is 42.8 cm³/mol. The number of carbonyl (C=O) groups is 1. The van der Waals surface area contributed by atoms with Crippen LogP contribution in [-0.4, -0.2) is 35.4 Å². The summed E-state index contributed by atoms with van der Waals surface area (Å²) in [6, 6.07) is 0. The molecular formula is C7H10NORbS. The van der Waals surface area contributed by atoms with Crippen LogP contribution >= 0.6 is 11.8 Å². The molecule has 0 atom stereocenters. The molecule has 0 unspecified atom stereocenters. The summed E-state index contributed by atoms with van der Waals surface area (Å²) in [5.41, 5.74) is 0. The fourth-order valence-electron chi connectivity index (χ4n) is 0.878. The molecule has 4 heteroatoms. The number of nitrogens with zero attached hydrogens (tertiary/aromatic N) is 1. The molecule has 1 saturated heterocycles. The molecule has 0 N–H and O–H groups in total. The first-order valence-corrected chi connectivity index (χ1v) is 4.40. The van der Waals surface area contributed by atoms with E-state index in [1.54, 1.807) is 4.90 Å². The van der Waals surface area contributed by atoms with Gasteiger partial charge in [-0.15, -0.1) is 0 Å². The van der Waals surface area contributed by atoms with Crippen molar-refractivity contribution in [2.24, 2.45) is 0 Å². The number of hydrogen-bond donors (Lipinski definition) is 0. The first kappa shape index (κ1) is 12.4. The average Bonchev–Trinajstić information content (AvgIpc) is 2.05. The summed E-state index contributed by atoms with van der Waals surface area (Å²) >= 11 is 1.88. The normalized spacial score (nSPS) is 16.9. The fourth-order valence-corrected chi connectivity index (χ4v) is 1.78. The van der Waals surface area contributed by atoms with Gasteiger partial charge in [0.1, 0.15) is 0 Å². The minimum absolute atomic E-state index is 0. The third kappa shape index (κ3) is 4.22. The van der Waals surface area contributed by atoms with Crippen molar-refractivity contribution < 1.29 is 63.0 Å². The van der Waals surface area contributed by atoms with E-state index in [0.29, 0.717) is 0 Å². The SMILES string of the molecule is C=[C-]C(=O)N1CCSCC1.[Rb+]. The molecular weight excluding hydrogens is 232 g/mol. The Kier molecular flexibility index (Phi) is 7.68. The van der Waals surface area contributed by atoms with Gasteiger partial charge >= 0.3 is 58.2 Å². The van der Waals surface area contributed by atoms with Crippen LogP contribution in [0.3, 0.4) is 0 Å². The Bertz CT molecular complexity index is 145. The Labute approximate surface area is 121 Å². The second-order valence-electron chi connectivity index (χ2n) is 2.08. The second kappa shape index (κ2) is 6.84. The van der Waals surface area contributed by atoms with E-state index in [1.807, 2.05) is 11.8 Å². The molecule has 1 heterocycles. The molecule has 0 bridgehead atoms. The van der Waals surface area contributed by atoms with E-state index in [4.69, 9.17) is 0 Å². The molecule has 0 aromatic carbocycles. The Hall–Kier alpha value is 1.37. The topological polar surface area (TPSA) is 20.3 Å². The van der Waals surface area contributed by atoms with E-state index in [0.717, 1.165) is 24.6 Å². The quantitative estimate of drug-likeness (QED) is 0.376. The smallest absolute Gasteiger partial charge is 0.412 e. The molecule has 0 aromatic rings. The molecule has 1 aliphatic heterocycles. The number of amides is 1. The van der Waals surface area contributed by atoms with Crippen LogP contribution in [-0.2, 0) is 4.79 Å². The van der Waals surface area contributed by atoms with Crippen molar-refractivity contribution in [3.63, 3.8) is 0 Å². The maximum absolute atomic E-state index is 10.9. The minimum Gasteiger partial charge on any atom is -0.412 e. The molecule has 1 amide bonds. The third-order valence-corrected chi connectivity index (χ3v) is 2.39. The van der Waals surface area contributed by atoms with E-state index < -0.39 is 0 Å². The summed E-state index contributed by atoms with van der Waals surface area (Å²) in [5, 5.41) is 0. The largest absolute Gasteiger partial charge is 1.00 e. The van der Waals surface area contributed by atoms with Gasteiger partial charge in [0.25, 0.3) is 0 Å². The zero-order valence-corrected chi connectivity index (χ0v) is 12.5. The monoisotopic (exact) mass is 241 g/mol. The Morgan fingerprint density at radius 1 is 1.45 bits per heavy atom. The second-order valence-corrected chi connectivity index (χ2v) is 3.31. The van der Waals surface area contributed by atoms with Crippen LogP contribution in [0.2, 0.25) is 0 Å². The first-order valence-electron chi connectivity index (χ1n) is 3.24. The van der Waals surface area contributed by atoms with Gasteiger partial charge in [-0.1, -0.05) is 0 Å². The van der Waals surface area contributed by atoms with E-state index in [-0.39, 0.29) is 64.1 Å². The summed E-state index contributed by atoms with van der Waals surface area (Å²) in [5.74, 6) is 2.04. The van der Waals surface area contributed by atoms with Gasteiger partial charge < -0.3 is 15.8 Å². The van der Waals surface area contributed by atoms with Crippen molar-refractivity contribution in [2.45, 2.75) is 0 Å². The van der Waals surface area contributed by atoms with Crippen LogP contribution in [0.15, 0.2) is 6.58 Å². The predicted octanol–water partition coefficient (Wildman–Crippen LogP) is -2.45. The van der Waals surface area contributed by atoms with Gasteiger partial charge in [-0.3, -0.25) is 6.58 Å². The summed E-state index contributed by atoms with van der Waals surface area (Å²) < 4.78 is 0. The molecule has 1 rings (SSSR count). The Morgan fingerprint density at radius 3 is 2.45 bits per heavy atom. The van der Waals surface area contributed by atoms with Crippen LogP contribution < -0.4 is 58.2 Å². The summed E-state index contributed by atoms with van der Waals surface area (Å²) in [4.78, 5) is 12.7. The van der Waals surface area contributed by atoms with Crippen molar-refractivity contribution >= 4 is 17.7 Å². The van der Waals surface area contributed by atoms with Gasteiger partial charge in [-0.2, -0.15) is 11.8 Å². The average molecular weight is 242 g/mol. The zero-order valence-electron chi connectivity index (χ0n) is 6.80. The van der Waals surface area contributed by atoms with Crippen LogP contribution in [0.1, 0.15) is 0 Å². The maximum Gasteiger partial charge on any atom is 1.00 e. The maximum atomic E-state index is 10.9. The molecule has 0 spiro atoms. The minimum atomic E-state index is -0.0553. The summed E-state index contributed by atoms with van der Waals surface area (Å²) in [7, 11) is 0. The van der Waals surface area contributed by atoms with Crippen LogP contribution in [0.4, 0.5) is 0 Å². The van der Waals surface area contributed by atoms with E-state index >= 15 is 0 Å². The Balaban J connectivity index is 0.000001000. The molecule has 0 aliphatic carbocycles. The van der Waals surface area contributed by atoms with Crippen molar-refractivity contribution in [1.29, 1.82) is 0 Å². The van der Waals surface area contributed by atoms with Crippen LogP contribution in [0.5, 0.6) is 0 Å². The van der Waals surface area contributed by atoms with Gasteiger partial charge in [0.2, 0.25) is 0 Å². The molecule has 1 fully saturated rings. The molecule has 2 nitrogen and oxygen atoms in total. The zero-order chi connectivity index (χ0) is 7.40.